The van der Waals surface area contributed by atoms with Gasteiger partial charge in [-0.2, -0.15) is 0 Å². The van der Waals surface area contributed by atoms with E-state index < -0.39 is 0 Å². The number of benzene rings is 3. The maximum atomic E-state index is 2.74. The molecule has 2 heterocycles. The van der Waals surface area contributed by atoms with E-state index in [9.17, 15) is 0 Å². The zero-order valence-electron chi connectivity index (χ0n) is 42.9. The molecular weight excluding hydrogens is 885 g/mol. The fraction of sp³-hybridized carbons (Fsp3) is 0.333. The average molecular weight is 955 g/mol. The SMILES string of the molecule is CC1CC=C(N(C2=CCC(c3ccc(N(c4cccc5c4CCCC5)C4C=c5c6c(n(C7=CCCCC7)c5=CC4)C=CCC6)cc3)C=C2)C2C=Cc3c(c4c(n3-c3ccccc3)C=CCC4)C2)C2=C1CCC=C2. The van der Waals surface area contributed by atoms with Gasteiger partial charge < -0.3 is 18.9 Å². The van der Waals surface area contributed by atoms with Crippen LogP contribution in [0.5, 0.6) is 0 Å². The van der Waals surface area contributed by atoms with Crippen LogP contribution in [-0.4, -0.2) is 26.1 Å². The highest BCUT2D eigenvalue weighted by Crippen LogP contribution is 2.45. The van der Waals surface area contributed by atoms with Gasteiger partial charge in [0, 0.05) is 67.7 Å². The smallest absolute Gasteiger partial charge is 0.0567 e. The second-order valence-electron chi connectivity index (χ2n) is 22.4. The van der Waals surface area contributed by atoms with Crippen LogP contribution < -0.4 is 15.5 Å². The summed E-state index contributed by atoms with van der Waals surface area (Å²) in [5, 5.41) is 2.92. The molecular formula is C69H70N4. The third kappa shape index (κ3) is 7.85. The van der Waals surface area contributed by atoms with Crippen molar-refractivity contribution in [1.82, 2.24) is 14.0 Å². The minimum Gasteiger partial charge on any atom is -0.334 e. The van der Waals surface area contributed by atoms with E-state index in [1.165, 1.54) is 135 Å². The summed E-state index contributed by atoms with van der Waals surface area (Å²) in [7, 11) is 0. The predicted octanol–water partition coefficient (Wildman–Crippen LogP) is 15.1. The number of hydrogen-bond donors (Lipinski definition) is 0. The lowest BCUT2D eigenvalue weighted by Crippen LogP contribution is -2.40. The largest absolute Gasteiger partial charge is 0.334 e. The van der Waals surface area contributed by atoms with Gasteiger partial charge in [0.15, 0.2) is 0 Å². The van der Waals surface area contributed by atoms with Crippen molar-refractivity contribution in [2.45, 2.75) is 141 Å². The molecule has 2 aromatic heterocycles. The van der Waals surface area contributed by atoms with Gasteiger partial charge in [-0.1, -0.05) is 122 Å². The maximum Gasteiger partial charge on any atom is 0.0567 e. The number of allylic oxidation sites excluding steroid dienone is 11. The molecule has 4 heteroatoms. The lowest BCUT2D eigenvalue weighted by atomic mass is 9.80. The van der Waals surface area contributed by atoms with Crippen molar-refractivity contribution in [2.75, 3.05) is 4.90 Å². The van der Waals surface area contributed by atoms with Crippen LogP contribution in [0.25, 0.3) is 41.8 Å². The van der Waals surface area contributed by atoms with E-state index in [-0.39, 0.29) is 12.1 Å². The Morgan fingerprint density at radius 2 is 1.33 bits per heavy atom. The molecule has 4 nitrogen and oxygen atoms in total. The number of hydrogen-bond acceptors (Lipinski definition) is 2. The van der Waals surface area contributed by atoms with Crippen LogP contribution in [0, 0.1) is 5.92 Å². The molecule has 9 aliphatic rings. The van der Waals surface area contributed by atoms with Crippen LogP contribution >= 0.6 is 0 Å². The Kier molecular flexibility index (Phi) is 11.6. The summed E-state index contributed by atoms with van der Waals surface area (Å²) in [6.07, 6.45) is 58.1. The molecule has 3 aromatic carbocycles. The fourth-order valence-corrected chi connectivity index (χ4v) is 14.6. The molecule has 73 heavy (non-hydrogen) atoms. The van der Waals surface area contributed by atoms with Crippen molar-refractivity contribution in [1.29, 1.82) is 0 Å². The Hall–Kier alpha value is -6.78. The normalized spacial score (nSPS) is 23.4. The molecule has 366 valence electrons. The lowest BCUT2D eigenvalue weighted by molar-refractivity contribution is 0.364. The van der Waals surface area contributed by atoms with Crippen LogP contribution in [-0.2, 0) is 32.1 Å². The highest BCUT2D eigenvalue weighted by atomic mass is 15.2. The van der Waals surface area contributed by atoms with Crippen LogP contribution in [0.1, 0.15) is 147 Å². The van der Waals surface area contributed by atoms with Crippen LogP contribution in [0.4, 0.5) is 11.4 Å². The van der Waals surface area contributed by atoms with Gasteiger partial charge in [-0.15, -0.1) is 0 Å². The molecule has 0 bridgehead atoms. The molecule has 4 unspecified atom stereocenters. The molecule has 0 amide bonds. The van der Waals surface area contributed by atoms with Crippen molar-refractivity contribution in [3.05, 3.63) is 217 Å². The molecule has 5 aromatic rings. The van der Waals surface area contributed by atoms with Gasteiger partial charge in [0.25, 0.3) is 0 Å². The van der Waals surface area contributed by atoms with Crippen molar-refractivity contribution in [3.63, 3.8) is 0 Å². The lowest BCUT2D eigenvalue weighted by Gasteiger charge is -2.41. The van der Waals surface area contributed by atoms with Crippen LogP contribution in [0.2, 0.25) is 0 Å². The molecule has 0 N–H and O–H groups in total. The van der Waals surface area contributed by atoms with Crippen molar-refractivity contribution >= 4 is 47.5 Å². The Balaban J connectivity index is 0.796. The van der Waals surface area contributed by atoms with Crippen LogP contribution in [0.3, 0.4) is 0 Å². The monoisotopic (exact) mass is 955 g/mol. The Bertz CT molecular complexity index is 3440. The van der Waals surface area contributed by atoms with E-state index in [1.807, 2.05) is 0 Å². The summed E-state index contributed by atoms with van der Waals surface area (Å²) in [4.78, 5) is 5.47. The Morgan fingerprint density at radius 3 is 2.16 bits per heavy atom. The standard InChI is InChI=1S/C69H70N4/c1-47-31-42-67(59-25-11-10-23-57(47)59)71(56-41-44-69-63(46-56)61-27-13-15-29-66(61)73(69)52-21-6-3-7-22-52)54-38-34-49(35-39-54)48-32-36-53(37-33-48)70(64-30-16-18-50-17-8-9-24-58(50)64)55-40-43-68-62(45-55)60-26-12-14-28-65(60)72(68)51-19-4-2-5-20-51/h3,6-7,11,14-16,18-19,21-22,25,28-30,32-34,36-39,41-45,47,49,55-56H,2,4-5,8-10,12-13,17,20,23-24,26-27,31,35,40,46H2,1H3. The fourth-order valence-electron chi connectivity index (χ4n) is 14.6. The molecule has 0 fully saturated rings. The summed E-state index contributed by atoms with van der Waals surface area (Å²) < 4.78 is 5.17. The van der Waals surface area contributed by atoms with E-state index >= 15 is 0 Å². The topological polar surface area (TPSA) is 16.3 Å². The number of aryl methyl sites for hydroxylation is 1. The summed E-state index contributed by atoms with van der Waals surface area (Å²) in [6, 6.07) is 28.4. The zero-order chi connectivity index (χ0) is 48.4. The van der Waals surface area contributed by atoms with Crippen molar-refractivity contribution < 1.29 is 0 Å². The van der Waals surface area contributed by atoms with E-state index in [1.54, 1.807) is 22.3 Å². The molecule has 0 aliphatic heterocycles. The first-order chi connectivity index (χ1) is 36.1. The third-order valence-electron chi connectivity index (χ3n) is 18.2. The first-order valence-electron chi connectivity index (χ1n) is 28.4. The molecule has 4 atom stereocenters. The van der Waals surface area contributed by atoms with E-state index in [0.717, 1.165) is 64.2 Å². The Labute approximate surface area is 433 Å². The predicted molar refractivity (Wildman–Crippen MR) is 306 cm³/mol. The minimum absolute atomic E-state index is 0.217. The maximum absolute atomic E-state index is 2.74. The van der Waals surface area contributed by atoms with Gasteiger partial charge in [-0.05, 0) is 215 Å². The molecule has 0 saturated carbocycles. The first-order valence-corrected chi connectivity index (χ1v) is 28.4. The van der Waals surface area contributed by atoms with E-state index in [2.05, 4.69) is 190 Å². The van der Waals surface area contributed by atoms with Crippen molar-refractivity contribution in [3.8, 4) is 5.69 Å². The summed E-state index contributed by atoms with van der Waals surface area (Å²) in [5.41, 5.74) is 24.6. The number of fused-ring (bicyclic) bond motifs is 7. The van der Waals surface area contributed by atoms with Gasteiger partial charge in [0.05, 0.1) is 12.1 Å². The highest BCUT2D eigenvalue weighted by Gasteiger charge is 2.35. The van der Waals surface area contributed by atoms with Gasteiger partial charge in [-0.25, -0.2) is 0 Å². The van der Waals surface area contributed by atoms with Gasteiger partial charge >= 0.3 is 0 Å². The number of rotatable bonds is 9. The highest BCUT2D eigenvalue weighted by molar-refractivity contribution is 5.75. The van der Waals surface area contributed by atoms with Crippen molar-refractivity contribution in [2.24, 2.45) is 5.92 Å². The van der Waals surface area contributed by atoms with E-state index in [4.69, 9.17) is 0 Å². The number of anilines is 2. The Morgan fingerprint density at radius 1 is 0.534 bits per heavy atom. The second-order valence-corrected chi connectivity index (χ2v) is 22.4. The van der Waals surface area contributed by atoms with Gasteiger partial charge in [0.2, 0.25) is 0 Å². The van der Waals surface area contributed by atoms with Gasteiger partial charge in [0.1, 0.15) is 0 Å². The van der Waals surface area contributed by atoms with Crippen LogP contribution in [0.15, 0.2) is 156 Å². The molecule has 14 rings (SSSR count). The molecule has 0 radical (unpaired) electrons. The average Bonchev–Trinajstić information content (AvgIpc) is 3.97. The summed E-state index contributed by atoms with van der Waals surface area (Å²) in [6.45, 7) is 2.44. The molecule has 9 aliphatic carbocycles. The number of aromatic nitrogens is 2. The summed E-state index contributed by atoms with van der Waals surface area (Å²) in [5.74, 6) is 0.907. The summed E-state index contributed by atoms with van der Waals surface area (Å²) >= 11 is 0. The zero-order valence-corrected chi connectivity index (χ0v) is 42.9. The number of para-hydroxylation sites is 1. The first kappa shape index (κ1) is 44.9. The van der Waals surface area contributed by atoms with Gasteiger partial charge in [-0.3, -0.25) is 0 Å². The third-order valence-corrected chi connectivity index (χ3v) is 18.2. The molecule has 0 saturated heterocycles. The quantitative estimate of drug-likeness (QED) is 0.146. The minimum atomic E-state index is 0.217. The molecule has 0 spiro atoms. The second kappa shape index (κ2) is 18.9. The number of nitrogens with zero attached hydrogens (tertiary/aromatic N) is 4. The van der Waals surface area contributed by atoms with E-state index in [0.29, 0.717) is 11.8 Å².